The van der Waals surface area contributed by atoms with E-state index in [-0.39, 0.29) is 0 Å². The summed E-state index contributed by atoms with van der Waals surface area (Å²) >= 11 is 0. The lowest BCUT2D eigenvalue weighted by Crippen LogP contribution is -2.40. The summed E-state index contributed by atoms with van der Waals surface area (Å²) in [4.78, 5) is 0. The van der Waals surface area contributed by atoms with Gasteiger partial charge in [-0.25, -0.2) is 0 Å². The molecule has 0 saturated carbocycles. The molecule has 0 radical (unpaired) electrons. The molecule has 0 bridgehead atoms. The predicted molar refractivity (Wildman–Crippen MR) is 56.8 cm³/mol. The Kier molecular flexibility index (Phi) is 8.40. The molecule has 0 saturated heterocycles. The van der Waals surface area contributed by atoms with Crippen LogP contribution in [-0.2, 0) is 4.74 Å². The first-order chi connectivity index (χ1) is 6.22. The van der Waals surface area contributed by atoms with Gasteiger partial charge in [0.15, 0.2) is 0 Å². The second kappa shape index (κ2) is 8.48. The third-order valence-electron chi connectivity index (χ3n) is 2.24. The van der Waals surface area contributed by atoms with Gasteiger partial charge >= 0.3 is 0 Å². The molecule has 3 nitrogen and oxygen atoms in total. The van der Waals surface area contributed by atoms with Crippen LogP contribution < -0.4 is 11.1 Å². The average molecular weight is 188 g/mol. The Morgan fingerprint density at radius 3 is 2.46 bits per heavy atom. The molecular weight excluding hydrogens is 164 g/mol. The van der Waals surface area contributed by atoms with Gasteiger partial charge in [0.2, 0.25) is 0 Å². The first-order valence-electron chi connectivity index (χ1n) is 5.14. The van der Waals surface area contributed by atoms with Gasteiger partial charge in [0.1, 0.15) is 0 Å². The normalized spacial score (nSPS) is 13.6. The van der Waals surface area contributed by atoms with Crippen molar-refractivity contribution >= 4 is 0 Å². The van der Waals surface area contributed by atoms with E-state index in [1.54, 1.807) is 7.11 Å². The summed E-state index contributed by atoms with van der Waals surface area (Å²) in [6.45, 7) is 7.02. The van der Waals surface area contributed by atoms with Gasteiger partial charge in [-0.3, -0.25) is 0 Å². The van der Waals surface area contributed by atoms with Gasteiger partial charge in [0.25, 0.3) is 0 Å². The first kappa shape index (κ1) is 12.9. The maximum atomic E-state index is 5.63. The first-order valence-corrected chi connectivity index (χ1v) is 5.14. The van der Waals surface area contributed by atoms with Crippen LogP contribution in [0.15, 0.2) is 0 Å². The Hall–Kier alpha value is -0.120. The van der Waals surface area contributed by atoms with Crippen molar-refractivity contribution in [3.8, 4) is 0 Å². The van der Waals surface area contributed by atoms with Gasteiger partial charge in [-0.2, -0.15) is 0 Å². The lowest BCUT2D eigenvalue weighted by atomic mass is 10.0. The summed E-state index contributed by atoms with van der Waals surface area (Å²) in [5.41, 5.74) is 5.63. The van der Waals surface area contributed by atoms with Crippen LogP contribution in [-0.4, -0.2) is 32.8 Å². The van der Waals surface area contributed by atoms with Crippen LogP contribution in [0.5, 0.6) is 0 Å². The van der Waals surface area contributed by atoms with E-state index in [2.05, 4.69) is 19.2 Å². The van der Waals surface area contributed by atoms with Crippen LogP contribution in [0.25, 0.3) is 0 Å². The highest BCUT2D eigenvalue weighted by molar-refractivity contribution is 4.70. The largest absolute Gasteiger partial charge is 0.385 e. The number of unbranched alkanes of at least 4 members (excludes halogenated alkanes) is 1. The van der Waals surface area contributed by atoms with Crippen molar-refractivity contribution in [2.75, 3.05) is 26.8 Å². The van der Waals surface area contributed by atoms with E-state index in [9.17, 15) is 0 Å². The molecule has 1 atom stereocenters. The van der Waals surface area contributed by atoms with Crippen LogP contribution in [0.2, 0.25) is 0 Å². The van der Waals surface area contributed by atoms with Gasteiger partial charge in [-0.15, -0.1) is 0 Å². The van der Waals surface area contributed by atoms with Crippen molar-refractivity contribution in [3.05, 3.63) is 0 Å². The molecule has 0 aromatic rings. The Morgan fingerprint density at radius 2 is 2.00 bits per heavy atom. The standard InChI is InChI=1S/C10H24N2O/c1-9(2)10(8-11)12-6-4-5-7-13-3/h9-10,12H,4-8,11H2,1-3H3. The number of hydrogen-bond acceptors (Lipinski definition) is 3. The summed E-state index contributed by atoms with van der Waals surface area (Å²) < 4.78 is 4.97. The molecule has 3 N–H and O–H groups in total. The number of ether oxygens (including phenoxy) is 1. The van der Waals surface area contributed by atoms with E-state index in [1.165, 1.54) is 0 Å². The molecule has 0 spiro atoms. The second-order valence-electron chi connectivity index (χ2n) is 3.74. The molecule has 80 valence electrons. The highest BCUT2D eigenvalue weighted by atomic mass is 16.5. The van der Waals surface area contributed by atoms with E-state index in [4.69, 9.17) is 10.5 Å². The van der Waals surface area contributed by atoms with Gasteiger partial charge in [0, 0.05) is 26.3 Å². The third-order valence-corrected chi connectivity index (χ3v) is 2.24. The Morgan fingerprint density at radius 1 is 1.31 bits per heavy atom. The topological polar surface area (TPSA) is 47.3 Å². The SMILES string of the molecule is COCCCCNC(CN)C(C)C. The van der Waals surface area contributed by atoms with Crippen molar-refractivity contribution in [2.45, 2.75) is 32.7 Å². The maximum Gasteiger partial charge on any atom is 0.0462 e. The smallest absolute Gasteiger partial charge is 0.0462 e. The summed E-state index contributed by atoms with van der Waals surface area (Å²) in [6.07, 6.45) is 2.29. The zero-order valence-corrected chi connectivity index (χ0v) is 9.18. The zero-order valence-electron chi connectivity index (χ0n) is 9.18. The van der Waals surface area contributed by atoms with Crippen LogP contribution in [0.1, 0.15) is 26.7 Å². The van der Waals surface area contributed by atoms with Crippen molar-refractivity contribution in [3.63, 3.8) is 0 Å². The molecule has 0 aromatic heterocycles. The number of nitrogens with one attached hydrogen (secondary N) is 1. The molecule has 0 aliphatic rings. The maximum absolute atomic E-state index is 5.63. The monoisotopic (exact) mass is 188 g/mol. The van der Waals surface area contributed by atoms with Gasteiger partial charge in [-0.05, 0) is 25.3 Å². The summed E-state index contributed by atoms with van der Waals surface area (Å²) in [7, 11) is 1.74. The summed E-state index contributed by atoms with van der Waals surface area (Å²) in [5, 5.41) is 3.45. The minimum Gasteiger partial charge on any atom is -0.385 e. The lowest BCUT2D eigenvalue weighted by Gasteiger charge is -2.20. The molecular formula is C10H24N2O. The van der Waals surface area contributed by atoms with Crippen molar-refractivity contribution in [2.24, 2.45) is 11.7 Å². The molecule has 0 aliphatic carbocycles. The van der Waals surface area contributed by atoms with Gasteiger partial charge < -0.3 is 15.8 Å². The number of methoxy groups -OCH3 is 1. The number of nitrogens with two attached hydrogens (primary N) is 1. The third kappa shape index (κ3) is 6.99. The molecule has 0 fully saturated rings. The number of hydrogen-bond donors (Lipinski definition) is 2. The molecule has 0 amide bonds. The Bertz CT molecular complexity index is 107. The molecule has 0 aliphatic heterocycles. The predicted octanol–water partition coefficient (Wildman–Crippen LogP) is 0.986. The molecule has 3 heteroatoms. The molecule has 0 heterocycles. The average Bonchev–Trinajstić information content (AvgIpc) is 2.10. The van der Waals surface area contributed by atoms with Crippen molar-refractivity contribution in [1.82, 2.24) is 5.32 Å². The van der Waals surface area contributed by atoms with E-state index in [0.717, 1.165) is 32.5 Å². The summed E-state index contributed by atoms with van der Waals surface area (Å²) in [6, 6.07) is 0.461. The molecule has 1 unspecified atom stereocenters. The van der Waals surface area contributed by atoms with Crippen molar-refractivity contribution < 1.29 is 4.74 Å². The van der Waals surface area contributed by atoms with Crippen molar-refractivity contribution in [1.29, 1.82) is 0 Å². The zero-order chi connectivity index (χ0) is 10.1. The fraction of sp³-hybridized carbons (Fsp3) is 1.00. The summed E-state index contributed by atoms with van der Waals surface area (Å²) in [5.74, 6) is 0.618. The van der Waals surface area contributed by atoms with Crippen LogP contribution >= 0.6 is 0 Å². The molecule has 13 heavy (non-hydrogen) atoms. The highest BCUT2D eigenvalue weighted by Gasteiger charge is 2.08. The van der Waals surface area contributed by atoms with Gasteiger partial charge in [-0.1, -0.05) is 13.8 Å². The molecule has 0 rings (SSSR count). The lowest BCUT2D eigenvalue weighted by molar-refractivity contribution is 0.192. The van der Waals surface area contributed by atoms with Crippen LogP contribution in [0, 0.1) is 5.92 Å². The number of rotatable bonds is 8. The van der Waals surface area contributed by atoms with Crippen LogP contribution in [0.4, 0.5) is 0 Å². The fourth-order valence-electron chi connectivity index (χ4n) is 1.25. The van der Waals surface area contributed by atoms with E-state index >= 15 is 0 Å². The Balaban J connectivity index is 3.28. The fourth-order valence-corrected chi connectivity index (χ4v) is 1.25. The van der Waals surface area contributed by atoms with E-state index in [0.29, 0.717) is 12.0 Å². The van der Waals surface area contributed by atoms with Crippen LogP contribution in [0.3, 0.4) is 0 Å². The minimum atomic E-state index is 0.461. The van der Waals surface area contributed by atoms with E-state index < -0.39 is 0 Å². The molecule has 0 aromatic carbocycles. The quantitative estimate of drug-likeness (QED) is 0.558. The minimum absolute atomic E-state index is 0.461. The highest BCUT2D eigenvalue weighted by Crippen LogP contribution is 1.99. The van der Waals surface area contributed by atoms with Gasteiger partial charge in [0.05, 0.1) is 0 Å². The van der Waals surface area contributed by atoms with E-state index in [1.807, 2.05) is 0 Å². The Labute approximate surface area is 82.0 Å². The second-order valence-corrected chi connectivity index (χ2v) is 3.74.